The highest BCUT2D eigenvalue weighted by molar-refractivity contribution is 5.97. The molecule has 21 heavy (non-hydrogen) atoms. The van der Waals surface area contributed by atoms with Gasteiger partial charge in [-0.2, -0.15) is 0 Å². The summed E-state index contributed by atoms with van der Waals surface area (Å²) in [5.74, 6) is -1.53. The predicted molar refractivity (Wildman–Crippen MR) is 77.7 cm³/mol. The number of carbonyl (C=O) groups is 1. The van der Waals surface area contributed by atoms with Gasteiger partial charge in [-0.3, -0.25) is 4.79 Å². The third-order valence-electron chi connectivity index (χ3n) is 3.96. The summed E-state index contributed by atoms with van der Waals surface area (Å²) in [7, 11) is 0. The Morgan fingerprint density at radius 2 is 2.19 bits per heavy atom. The highest BCUT2D eigenvalue weighted by atomic mass is 19.1. The molecular formula is C16H22FNO3. The van der Waals surface area contributed by atoms with E-state index in [4.69, 9.17) is 0 Å². The van der Waals surface area contributed by atoms with Crippen LogP contribution in [0.4, 0.5) is 4.39 Å². The molecule has 1 aliphatic rings. The first-order valence-electron chi connectivity index (χ1n) is 7.47. The van der Waals surface area contributed by atoms with Crippen molar-refractivity contribution in [3.05, 3.63) is 29.6 Å². The molecule has 1 aromatic rings. The first kappa shape index (κ1) is 15.8. The fourth-order valence-corrected chi connectivity index (χ4v) is 2.95. The van der Waals surface area contributed by atoms with Gasteiger partial charge in [-0.25, -0.2) is 4.39 Å². The van der Waals surface area contributed by atoms with Gasteiger partial charge in [0.1, 0.15) is 17.1 Å². The number of phenolic OH excluding ortho intramolecular Hbond substituents is 1. The maximum atomic E-state index is 13.9. The lowest BCUT2D eigenvalue weighted by Crippen LogP contribution is -2.41. The minimum Gasteiger partial charge on any atom is -0.507 e. The Labute approximate surface area is 124 Å². The molecule has 0 radical (unpaired) electrons. The molecular weight excluding hydrogens is 273 g/mol. The van der Waals surface area contributed by atoms with Gasteiger partial charge in [-0.1, -0.05) is 18.9 Å². The molecule has 1 aliphatic heterocycles. The van der Waals surface area contributed by atoms with Crippen molar-refractivity contribution < 1.29 is 19.4 Å². The van der Waals surface area contributed by atoms with Crippen LogP contribution in [0.3, 0.4) is 0 Å². The van der Waals surface area contributed by atoms with Crippen LogP contribution in [-0.4, -0.2) is 39.7 Å². The summed E-state index contributed by atoms with van der Waals surface area (Å²) < 4.78 is 13.9. The van der Waals surface area contributed by atoms with E-state index in [9.17, 15) is 19.4 Å². The molecule has 1 fully saturated rings. The van der Waals surface area contributed by atoms with Crippen molar-refractivity contribution >= 4 is 5.91 Å². The predicted octanol–water partition coefficient (Wildman–Crippen LogP) is 2.69. The van der Waals surface area contributed by atoms with E-state index in [0.29, 0.717) is 13.0 Å². The van der Waals surface area contributed by atoms with Gasteiger partial charge < -0.3 is 15.1 Å². The summed E-state index contributed by atoms with van der Waals surface area (Å²) in [5.41, 5.74) is -0.269. The average molecular weight is 295 g/mol. The second-order valence-electron chi connectivity index (χ2n) is 5.72. The van der Waals surface area contributed by atoms with Crippen molar-refractivity contribution in [2.24, 2.45) is 0 Å². The zero-order valence-corrected chi connectivity index (χ0v) is 12.3. The van der Waals surface area contributed by atoms with E-state index in [1.54, 1.807) is 11.8 Å². The standard InChI is InChI=1S/C16H22FNO3/c1-11(19)10-12-6-3-2-4-9-18(12)16(21)15-13(17)7-5-8-14(15)20/h5,7-8,11-12,19-20H,2-4,6,9-10H2,1H3. The van der Waals surface area contributed by atoms with Crippen LogP contribution in [0.25, 0.3) is 0 Å². The van der Waals surface area contributed by atoms with Gasteiger partial charge in [0.05, 0.1) is 6.10 Å². The number of carbonyl (C=O) groups excluding carboxylic acids is 1. The molecule has 4 nitrogen and oxygen atoms in total. The lowest BCUT2D eigenvalue weighted by molar-refractivity contribution is 0.0600. The summed E-state index contributed by atoms with van der Waals surface area (Å²) in [6.07, 6.45) is 3.62. The van der Waals surface area contributed by atoms with E-state index in [-0.39, 0.29) is 17.4 Å². The lowest BCUT2D eigenvalue weighted by atomic mass is 10.0. The number of phenols is 1. The third-order valence-corrected chi connectivity index (χ3v) is 3.96. The van der Waals surface area contributed by atoms with E-state index < -0.39 is 17.8 Å². The summed E-state index contributed by atoms with van der Waals surface area (Å²) in [6, 6.07) is 3.75. The monoisotopic (exact) mass is 295 g/mol. The highest BCUT2D eigenvalue weighted by Gasteiger charge is 2.30. The maximum Gasteiger partial charge on any atom is 0.260 e. The number of amides is 1. The van der Waals surface area contributed by atoms with Gasteiger partial charge in [0, 0.05) is 12.6 Å². The van der Waals surface area contributed by atoms with E-state index in [1.807, 2.05) is 0 Å². The zero-order valence-electron chi connectivity index (χ0n) is 12.3. The van der Waals surface area contributed by atoms with Crippen LogP contribution in [0.2, 0.25) is 0 Å². The number of halogens is 1. The molecule has 2 unspecified atom stereocenters. The second kappa shape index (κ2) is 6.89. The fraction of sp³-hybridized carbons (Fsp3) is 0.562. The van der Waals surface area contributed by atoms with Gasteiger partial charge >= 0.3 is 0 Å². The molecule has 0 spiro atoms. The Balaban J connectivity index is 2.29. The highest BCUT2D eigenvalue weighted by Crippen LogP contribution is 2.27. The van der Waals surface area contributed by atoms with Gasteiger partial charge in [-0.05, 0) is 38.3 Å². The smallest absolute Gasteiger partial charge is 0.260 e. The molecule has 2 rings (SSSR count). The maximum absolute atomic E-state index is 13.9. The number of likely N-dealkylation sites (tertiary alicyclic amines) is 1. The van der Waals surface area contributed by atoms with Gasteiger partial charge in [0.15, 0.2) is 0 Å². The molecule has 2 atom stereocenters. The fourth-order valence-electron chi connectivity index (χ4n) is 2.95. The third kappa shape index (κ3) is 3.73. The van der Waals surface area contributed by atoms with Crippen molar-refractivity contribution in [2.45, 2.75) is 51.2 Å². The van der Waals surface area contributed by atoms with Crippen molar-refractivity contribution in [1.29, 1.82) is 0 Å². The number of nitrogens with zero attached hydrogens (tertiary/aromatic N) is 1. The SMILES string of the molecule is CC(O)CC1CCCCCN1C(=O)c1c(O)cccc1F. The Kier molecular flexibility index (Phi) is 5.17. The Hall–Kier alpha value is -1.62. The molecule has 0 saturated carbocycles. The molecule has 1 amide bonds. The number of hydrogen-bond acceptors (Lipinski definition) is 3. The normalized spacial score (nSPS) is 20.9. The summed E-state index contributed by atoms with van der Waals surface area (Å²) in [5, 5.41) is 19.4. The quantitative estimate of drug-likeness (QED) is 0.901. The number of rotatable bonds is 3. The van der Waals surface area contributed by atoms with Crippen molar-refractivity contribution in [3.8, 4) is 5.75 Å². The molecule has 1 saturated heterocycles. The molecule has 5 heteroatoms. The van der Waals surface area contributed by atoms with E-state index in [1.165, 1.54) is 18.2 Å². The number of hydrogen-bond donors (Lipinski definition) is 2. The van der Waals surface area contributed by atoms with Crippen LogP contribution in [0.5, 0.6) is 5.75 Å². The molecule has 2 N–H and O–H groups in total. The number of aliphatic hydroxyl groups is 1. The number of aliphatic hydroxyl groups excluding tert-OH is 1. The first-order chi connectivity index (χ1) is 10.0. The molecule has 116 valence electrons. The summed E-state index contributed by atoms with van der Waals surface area (Å²) in [4.78, 5) is 14.2. The molecule has 1 heterocycles. The van der Waals surface area contributed by atoms with Crippen LogP contribution in [0.15, 0.2) is 18.2 Å². The molecule has 0 bridgehead atoms. The van der Waals surface area contributed by atoms with Crippen LogP contribution < -0.4 is 0 Å². The second-order valence-corrected chi connectivity index (χ2v) is 5.72. The number of benzene rings is 1. The zero-order chi connectivity index (χ0) is 15.4. The van der Waals surface area contributed by atoms with Crippen molar-refractivity contribution in [3.63, 3.8) is 0 Å². The van der Waals surface area contributed by atoms with E-state index >= 15 is 0 Å². The van der Waals surface area contributed by atoms with Crippen LogP contribution in [-0.2, 0) is 0 Å². The van der Waals surface area contributed by atoms with Crippen LogP contribution >= 0.6 is 0 Å². The largest absolute Gasteiger partial charge is 0.507 e. The van der Waals surface area contributed by atoms with Crippen LogP contribution in [0, 0.1) is 5.82 Å². The molecule has 0 aromatic heterocycles. The first-order valence-corrected chi connectivity index (χ1v) is 7.47. The van der Waals surface area contributed by atoms with Gasteiger partial charge in [0.25, 0.3) is 5.91 Å². The van der Waals surface area contributed by atoms with Crippen LogP contribution in [0.1, 0.15) is 49.4 Å². The Bertz CT molecular complexity index is 484. The summed E-state index contributed by atoms with van der Waals surface area (Å²) >= 11 is 0. The molecule has 1 aromatic carbocycles. The van der Waals surface area contributed by atoms with Crippen molar-refractivity contribution in [1.82, 2.24) is 4.90 Å². The van der Waals surface area contributed by atoms with Gasteiger partial charge in [-0.15, -0.1) is 0 Å². The Morgan fingerprint density at radius 3 is 2.86 bits per heavy atom. The topological polar surface area (TPSA) is 60.8 Å². The van der Waals surface area contributed by atoms with E-state index in [2.05, 4.69) is 0 Å². The number of aromatic hydroxyl groups is 1. The Morgan fingerprint density at radius 1 is 1.43 bits per heavy atom. The molecule has 0 aliphatic carbocycles. The van der Waals surface area contributed by atoms with Gasteiger partial charge in [0.2, 0.25) is 0 Å². The minimum atomic E-state index is -0.708. The van der Waals surface area contributed by atoms with E-state index in [0.717, 1.165) is 25.7 Å². The minimum absolute atomic E-state index is 0.112. The average Bonchev–Trinajstić information content (AvgIpc) is 2.63. The lowest BCUT2D eigenvalue weighted by Gasteiger charge is -2.31. The van der Waals surface area contributed by atoms with Crippen molar-refractivity contribution in [2.75, 3.05) is 6.54 Å². The summed E-state index contributed by atoms with van der Waals surface area (Å²) in [6.45, 7) is 2.22.